The molecule has 1 saturated carbocycles. The molecule has 0 bridgehead atoms. The fourth-order valence-corrected chi connectivity index (χ4v) is 4.14. The summed E-state index contributed by atoms with van der Waals surface area (Å²) in [7, 11) is 0. The maximum atomic E-state index is 13.1. The number of halogens is 1. The standard InChI is InChI=1S/C21H29ClN4O3/c1-2-29-21(28)15-7-3-4-8-17(15)24-20(27)19-16-13-14(22)9-10-18(16)26(25-19)12-6-5-11-23/h9-10,13,15,17H,2-8,11-12,23H2,1H3,(H,24,27). The maximum absolute atomic E-state index is 13.1. The van der Waals surface area contributed by atoms with Gasteiger partial charge in [-0.25, -0.2) is 0 Å². The Balaban J connectivity index is 1.84. The van der Waals surface area contributed by atoms with E-state index in [2.05, 4.69) is 10.4 Å². The number of hydrogen-bond acceptors (Lipinski definition) is 5. The zero-order chi connectivity index (χ0) is 20.8. The van der Waals surface area contributed by atoms with E-state index in [0.29, 0.717) is 35.8 Å². The van der Waals surface area contributed by atoms with Gasteiger partial charge in [0.25, 0.3) is 5.91 Å². The number of carbonyl (C=O) groups is 2. The number of nitrogens with zero attached hydrogens (tertiary/aromatic N) is 2. The predicted octanol–water partition coefficient (Wildman–Crippen LogP) is 3.28. The van der Waals surface area contributed by atoms with Crippen molar-refractivity contribution in [3.05, 3.63) is 28.9 Å². The van der Waals surface area contributed by atoms with E-state index in [9.17, 15) is 9.59 Å². The topological polar surface area (TPSA) is 99.2 Å². The van der Waals surface area contributed by atoms with Crippen molar-refractivity contribution < 1.29 is 14.3 Å². The monoisotopic (exact) mass is 420 g/mol. The molecule has 1 aliphatic carbocycles. The van der Waals surface area contributed by atoms with Crippen molar-refractivity contribution in [1.29, 1.82) is 0 Å². The Morgan fingerprint density at radius 2 is 2.10 bits per heavy atom. The zero-order valence-corrected chi connectivity index (χ0v) is 17.6. The molecule has 8 heteroatoms. The van der Waals surface area contributed by atoms with Crippen molar-refractivity contribution in [2.75, 3.05) is 13.2 Å². The van der Waals surface area contributed by atoms with E-state index >= 15 is 0 Å². The highest BCUT2D eigenvalue weighted by Gasteiger charge is 2.34. The van der Waals surface area contributed by atoms with Gasteiger partial charge in [0.15, 0.2) is 5.69 Å². The molecule has 1 heterocycles. The van der Waals surface area contributed by atoms with Crippen LogP contribution in [0.15, 0.2) is 18.2 Å². The SMILES string of the molecule is CCOC(=O)C1CCCCC1NC(=O)c1nn(CCCCN)c2ccc(Cl)cc12. The number of rotatable bonds is 8. The van der Waals surface area contributed by atoms with Crippen LogP contribution >= 0.6 is 11.6 Å². The van der Waals surface area contributed by atoms with Crippen molar-refractivity contribution >= 4 is 34.4 Å². The minimum Gasteiger partial charge on any atom is -0.466 e. The van der Waals surface area contributed by atoms with Crippen LogP contribution in [0, 0.1) is 5.92 Å². The van der Waals surface area contributed by atoms with Crippen LogP contribution < -0.4 is 11.1 Å². The first-order valence-electron chi connectivity index (χ1n) is 10.4. The minimum atomic E-state index is -0.311. The van der Waals surface area contributed by atoms with Crippen molar-refractivity contribution in [3.63, 3.8) is 0 Å². The third kappa shape index (κ3) is 5.08. The summed E-state index contributed by atoms with van der Waals surface area (Å²) in [5.41, 5.74) is 6.79. The molecule has 0 radical (unpaired) electrons. The summed E-state index contributed by atoms with van der Waals surface area (Å²) >= 11 is 6.18. The summed E-state index contributed by atoms with van der Waals surface area (Å²) in [5, 5.41) is 8.87. The molecular weight excluding hydrogens is 392 g/mol. The molecule has 1 aromatic carbocycles. The van der Waals surface area contributed by atoms with Crippen LogP contribution in [0.25, 0.3) is 10.9 Å². The number of unbranched alkanes of at least 4 members (excludes halogenated alkanes) is 1. The summed E-state index contributed by atoms with van der Waals surface area (Å²) in [4.78, 5) is 25.4. The Hall–Kier alpha value is -2.12. The lowest BCUT2D eigenvalue weighted by Gasteiger charge is -2.30. The van der Waals surface area contributed by atoms with Gasteiger partial charge in [-0.15, -0.1) is 0 Å². The number of hydrogen-bond donors (Lipinski definition) is 2. The number of nitrogens with one attached hydrogen (secondary N) is 1. The number of benzene rings is 1. The maximum Gasteiger partial charge on any atom is 0.311 e. The van der Waals surface area contributed by atoms with Crippen LogP contribution in [0.1, 0.15) is 55.9 Å². The average molecular weight is 421 g/mol. The first-order valence-corrected chi connectivity index (χ1v) is 10.8. The third-order valence-corrected chi connectivity index (χ3v) is 5.66. The Kier molecular flexibility index (Phi) is 7.50. The van der Waals surface area contributed by atoms with Crippen LogP contribution in [0.4, 0.5) is 0 Å². The highest BCUT2D eigenvalue weighted by atomic mass is 35.5. The molecule has 158 valence electrons. The number of carbonyl (C=O) groups excluding carboxylic acids is 2. The van der Waals surface area contributed by atoms with Gasteiger partial charge in [-0.1, -0.05) is 24.4 Å². The van der Waals surface area contributed by atoms with Crippen LogP contribution in [0.5, 0.6) is 0 Å². The Labute approximate surface area is 175 Å². The van der Waals surface area contributed by atoms with Crippen molar-refractivity contribution in [2.45, 2.75) is 58.0 Å². The van der Waals surface area contributed by atoms with E-state index in [1.54, 1.807) is 19.1 Å². The molecule has 3 rings (SSSR count). The van der Waals surface area contributed by atoms with Gasteiger partial charge in [-0.05, 0) is 57.4 Å². The van der Waals surface area contributed by atoms with Crippen LogP contribution in [0.2, 0.25) is 5.02 Å². The third-order valence-electron chi connectivity index (χ3n) is 5.42. The Morgan fingerprint density at radius 3 is 2.86 bits per heavy atom. The molecule has 2 atom stereocenters. The van der Waals surface area contributed by atoms with Crippen molar-refractivity contribution in [2.24, 2.45) is 11.7 Å². The molecule has 0 saturated heterocycles. The lowest BCUT2D eigenvalue weighted by molar-refractivity contribution is -0.150. The number of nitrogens with two attached hydrogens (primary N) is 1. The van der Waals surface area contributed by atoms with E-state index in [-0.39, 0.29) is 23.8 Å². The van der Waals surface area contributed by atoms with Gasteiger partial charge in [0, 0.05) is 23.0 Å². The second-order valence-electron chi connectivity index (χ2n) is 7.45. The summed E-state index contributed by atoms with van der Waals surface area (Å²) in [6.07, 6.45) is 5.18. The number of aryl methyl sites for hydroxylation is 1. The van der Waals surface area contributed by atoms with Crippen molar-refractivity contribution in [3.8, 4) is 0 Å². The predicted molar refractivity (Wildman–Crippen MR) is 113 cm³/mol. The van der Waals surface area contributed by atoms with E-state index in [4.69, 9.17) is 22.1 Å². The van der Waals surface area contributed by atoms with Crippen molar-refractivity contribution in [1.82, 2.24) is 15.1 Å². The highest BCUT2D eigenvalue weighted by molar-refractivity contribution is 6.31. The highest BCUT2D eigenvalue weighted by Crippen LogP contribution is 2.27. The zero-order valence-electron chi connectivity index (χ0n) is 16.8. The summed E-state index contributed by atoms with van der Waals surface area (Å²) in [6.45, 7) is 3.43. The smallest absolute Gasteiger partial charge is 0.311 e. The Bertz CT molecular complexity index is 867. The van der Waals surface area contributed by atoms with Gasteiger partial charge < -0.3 is 15.8 Å². The molecule has 2 unspecified atom stereocenters. The van der Waals surface area contributed by atoms with Crippen LogP contribution in [0.3, 0.4) is 0 Å². The molecule has 1 aliphatic rings. The summed E-state index contributed by atoms with van der Waals surface area (Å²) < 4.78 is 7.04. The molecule has 0 spiro atoms. The molecule has 7 nitrogen and oxygen atoms in total. The van der Waals surface area contributed by atoms with E-state index < -0.39 is 0 Å². The van der Waals surface area contributed by atoms with E-state index in [1.807, 2.05) is 10.7 Å². The van der Waals surface area contributed by atoms with Gasteiger partial charge in [0.1, 0.15) is 0 Å². The molecule has 2 aromatic rings. The lowest BCUT2D eigenvalue weighted by Crippen LogP contribution is -2.45. The number of ether oxygens (including phenoxy) is 1. The summed E-state index contributed by atoms with van der Waals surface area (Å²) in [6, 6.07) is 5.20. The van der Waals surface area contributed by atoms with Gasteiger partial charge >= 0.3 is 5.97 Å². The minimum absolute atomic E-state index is 0.238. The van der Waals surface area contributed by atoms with Gasteiger partial charge in [0.05, 0.1) is 18.0 Å². The van der Waals surface area contributed by atoms with Crippen LogP contribution in [-0.2, 0) is 16.1 Å². The molecule has 1 fully saturated rings. The number of amides is 1. The van der Waals surface area contributed by atoms with Gasteiger partial charge in [-0.2, -0.15) is 5.10 Å². The average Bonchev–Trinajstić information content (AvgIpc) is 3.06. The molecule has 0 aliphatic heterocycles. The van der Waals surface area contributed by atoms with Crippen LogP contribution in [-0.4, -0.2) is 40.9 Å². The second-order valence-corrected chi connectivity index (χ2v) is 7.89. The van der Waals surface area contributed by atoms with E-state index in [1.165, 1.54) is 0 Å². The number of fused-ring (bicyclic) bond motifs is 1. The lowest BCUT2D eigenvalue weighted by atomic mass is 9.84. The fraction of sp³-hybridized carbons (Fsp3) is 0.571. The fourth-order valence-electron chi connectivity index (χ4n) is 3.97. The molecule has 1 amide bonds. The molecular formula is C21H29ClN4O3. The Morgan fingerprint density at radius 1 is 1.31 bits per heavy atom. The number of esters is 1. The first-order chi connectivity index (χ1) is 14.0. The normalized spacial score (nSPS) is 19.3. The largest absolute Gasteiger partial charge is 0.466 e. The quantitative estimate of drug-likeness (QED) is 0.504. The van der Waals surface area contributed by atoms with Gasteiger partial charge in [0.2, 0.25) is 0 Å². The van der Waals surface area contributed by atoms with Gasteiger partial charge in [-0.3, -0.25) is 14.3 Å². The molecule has 3 N–H and O–H groups in total. The molecule has 29 heavy (non-hydrogen) atoms. The molecule has 1 aromatic heterocycles. The first kappa shape index (κ1) is 21.6. The second kappa shape index (κ2) is 10.1. The summed E-state index contributed by atoms with van der Waals surface area (Å²) in [5.74, 6) is -0.831. The van der Waals surface area contributed by atoms with E-state index in [0.717, 1.165) is 44.0 Å². The number of aromatic nitrogens is 2.